The Balaban J connectivity index is 0.00000272. The molecule has 170 valence electrons. The molecule has 0 atom stereocenters. The Morgan fingerprint density at radius 2 is 1.71 bits per heavy atom. The topological polar surface area (TPSA) is 26.8 Å². The molecule has 0 N–H and O–H groups in total. The van der Waals surface area contributed by atoms with Crippen LogP contribution in [0.2, 0.25) is 0 Å². The minimum atomic E-state index is 0. The molecule has 1 aromatic carbocycles. The van der Waals surface area contributed by atoms with Gasteiger partial charge in [-0.3, -0.25) is 9.69 Å². The molecule has 1 aromatic heterocycles. The van der Waals surface area contributed by atoms with Gasteiger partial charge in [0.15, 0.2) is 0 Å². The molecule has 2 aromatic rings. The van der Waals surface area contributed by atoms with Crippen molar-refractivity contribution in [3.05, 3.63) is 50.7 Å². The molecule has 6 heteroatoms. The normalized spacial score (nSPS) is 17.3. The fraction of sp³-hybridized carbons (Fsp3) is 0.560. The number of hydrogen-bond acceptors (Lipinski definition) is 4. The van der Waals surface area contributed by atoms with Gasteiger partial charge >= 0.3 is 0 Å². The molecular weight excluding hydrogens is 426 g/mol. The molecular formula is C25H36ClN3OS. The highest BCUT2D eigenvalue weighted by atomic mass is 35.5. The summed E-state index contributed by atoms with van der Waals surface area (Å²) in [6.07, 6.45) is 4.42. The molecule has 0 aliphatic carbocycles. The van der Waals surface area contributed by atoms with E-state index in [1.165, 1.54) is 33.0 Å². The molecule has 4 rings (SSSR count). The maximum atomic E-state index is 12.9. The van der Waals surface area contributed by atoms with Crippen LogP contribution in [0.15, 0.2) is 24.3 Å². The second-order valence-electron chi connectivity index (χ2n) is 8.84. The van der Waals surface area contributed by atoms with Crippen molar-refractivity contribution in [3.63, 3.8) is 0 Å². The standard InChI is InChI=1S/C25H35N3OS.ClH/c1-19-8-6-9-23(21(19)3)27-16-14-26(15-17-27)11-4-5-12-28-13-7-10-24-22(25(28)29)18-20(2)30-24;/h6,8-9,18H,4-5,7,10-17H2,1-3H3;1H. The van der Waals surface area contributed by atoms with Crippen LogP contribution in [0.3, 0.4) is 0 Å². The lowest BCUT2D eigenvalue weighted by molar-refractivity contribution is 0.0756. The first-order valence-electron chi connectivity index (χ1n) is 11.4. The number of rotatable bonds is 6. The highest BCUT2D eigenvalue weighted by Crippen LogP contribution is 2.27. The molecule has 0 bridgehead atoms. The molecule has 2 aliphatic rings. The monoisotopic (exact) mass is 461 g/mol. The van der Waals surface area contributed by atoms with Crippen molar-refractivity contribution >= 4 is 35.3 Å². The summed E-state index contributed by atoms with van der Waals surface area (Å²) < 4.78 is 0. The number of amides is 1. The summed E-state index contributed by atoms with van der Waals surface area (Å²) in [6.45, 7) is 14.0. The Bertz CT molecular complexity index is 889. The number of nitrogens with zero attached hydrogens (tertiary/aromatic N) is 3. The van der Waals surface area contributed by atoms with E-state index in [0.717, 1.165) is 70.6 Å². The first-order chi connectivity index (χ1) is 14.5. The molecule has 0 saturated carbocycles. The number of thiophene rings is 1. The summed E-state index contributed by atoms with van der Waals surface area (Å²) in [5, 5.41) is 0. The smallest absolute Gasteiger partial charge is 0.254 e. The number of carbonyl (C=O) groups is 1. The van der Waals surface area contributed by atoms with Crippen LogP contribution in [0.1, 0.15) is 50.5 Å². The number of aryl methyl sites for hydroxylation is 3. The average Bonchev–Trinajstić information content (AvgIpc) is 3.05. The maximum absolute atomic E-state index is 12.9. The minimum absolute atomic E-state index is 0. The van der Waals surface area contributed by atoms with E-state index >= 15 is 0 Å². The summed E-state index contributed by atoms with van der Waals surface area (Å²) in [5.41, 5.74) is 5.16. The Morgan fingerprint density at radius 1 is 0.968 bits per heavy atom. The van der Waals surface area contributed by atoms with Crippen molar-refractivity contribution in [2.24, 2.45) is 0 Å². The Morgan fingerprint density at radius 3 is 2.48 bits per heavy atom. The number of fused-ring (bicyclic) bond motifs is 1. The van der Waals surface area contributed by atoms with E-state index in [2.05, 4.69) is 59.7 Å². The summed E-state index contributed by atoms with van der Waals surface area (Å²) in [5.74, 6) is 0.258. The van der Waals surface area contributed by atoms with Gasteiger partial charge in [-0.25, -0.2) is 0 Å². The first kappa shape index (κ1) is 24.1. The number of anilines is 1. The second kappa shape index (κ2) is 10.8. The molecule has 2 aliphatic heterocycles. The van der Waals surface area contributed by atoms with Crippen LogP contribution in [0.5, 0.6) is 0 Å². The predicted molar refractivity (Wildman–Crippen MR) is 134 cm³/mol. The van der Waals surface area contributed by atoms with Crippen LogP contribution < -0.4 is 4.90 Å². The molecule has 31 heavy (non-hydrogen) atoms. The van der Waals surface area contributed by atoms with E-state index < -0.39 is 0 Å². The summed E-state index contributed by atoms with van der Waals surface area (Å²) in [4.78, 5) is 22.7. The van der Waals surface area contributed by atoms with Crippen LogP contribution in [0.4, 0.5) is 5.69 Å². The van der Waals surface area contributed by atoms with Gasteiger partial charge in [0.25, 0.3) is 5.91 Å². The molecule has 1 amide bonds. The third-order valence-electron chi connectivity index (χ3n) is 6.72. The molecule has 1 fully saturated rings. The Kier molecular flexibility index (Phi) is 8.43. The quantitative estimate of drug-likeness (QED) is 0.561. The van der Waals surface area contributed by atoms with Crippen molar-refractivity contribution in [2.75, 3.05) is 50.7 Å². The average molecular weight is 462 g/mol. The third-order valence-corrected chi connectivity index (χ3v) is 7.83. The Labute approximate surface area is 197 Å². The van der Waals surface area contributed by atoms with Gasteiger partial charge in [-0.2, -0.15) is 0 Å². The SMILES string of the molecule is Cc1cc2c(s1)CCCN(CCCCN1CCN(c3cccc(C)c3C)CC1)C2=O.Cl. The highest BCUT2D eigenvalue weighted by Gasteiger charge is 2.24. The van der Waals surface area contributed by atoms with Crippen LogP contribution >= 0.6 is 23.7 Å². The zero-order chi connectivity index (χ0) is 21.1. The maximum Gasteiger partial charge on any atom is 0.254 e. The van der Waals surface area contributed by atoms with E-state index in [4.69, 9.17) is 0 Å². The van der Waals surface area contributed by atoms with Crippen molar-refractivity contribution in [1.29, 1.82) is 0 Å². The van der Waals surface area contributed by atoms with Crippen LogP contribution in [0, 0.1) is 20.8 Å². The number of unbranched alkanes of at least 4 members (excludes halogenated alkanes) is 1. The predicted octanol–water partition coefficient (Wildman–Crippen LogP) is 5.09. The van der Waals surface area contributed by atoms with E-state index in [0.29, 0.717) is 0 Å². The van der Waals surface area contributed by atoms with E-state index in [1.54, 1.807) is 11.3 Å². The lowest BCUT2D eigenvalue weighted by Crippen LogP contribution is -2.47. The Hall–Kier alpha value is -1.56. The van der Waals surface area contributed by atoms with Crippen molar-refractivity contribution in [3.8, 4) is 0 Å². The molecule has 0 radical (unpaired) electrons. The number of hydrogen-bond donors (Lipinski definition) is 0. The third kappa shape index (κ3) is 5.63. The fourth-order valence-corrected chi connectivity index (χ4v) is 5.84. The fourth-order valence-electron chi connectivity index (χ4n) is 4.77. The zero-order valence-corrected chi connectivity index (χ0v) is 20.8. The van der Waals surface area contributed by atoms with Gasteiger partial charge in [-0.05, 0) is 76.3 Å². The number of benzene rings is 1. The lowest BCUT2D eigenvalue weighted by Gasteiger charge is -2.37. The molecule has 3 heterocycles. The van der Waals surface area contributed by atoms with E-state index in [-0.39, 0.29) is 18.3 Å². The van der Waals surface area contributed by atoms with Gasteiger partial charge in [-0.1, -0.05) is 12.1 Å². The molecule has 1 saturated heterocycles. The molecule has 4 nitrogen and oxygen atoms in total. The first-order valence-corrected chi connectivity index (χ1v) is 12.3. The summed E-state index contributed by atoms with van der Waals surface area (Å²) in [7, 11) is 0. The second-order valence-corrected chi connectivity index (χ2v) is 10.2. The number of halogens is 1. The van der Waals surface area contributed by atoms with Crippen LogP contribution in [0.25, 0.3) is 0 Å². The van der Waals surface area contributed by atoms with Gasteiger partial charge in [0.1, 0.15) is 0 Å². The van der Waals surface area contributed by atoms with Crippen LogP contribution in [-0.2, 0) is 6.42 Å². The zero-order valence-electron chi connectivity index (χ0n) is 19.2. The largest absolute Gasteiger partial charge is 0.369 e. The molecule has 0 unspecified atom stereocenters. The number of carbonyl (C=O) groups excluding carboxylic acids is 1. The van der Waals surface area contributed by atoms with Gasteiger partial charge in [-0.15, -0.1) is 23.7 Å². The highest BCUT2D eigenvalue weighted by molar-refractivity contribution is 7.12. The lowest BCUT2D eigenvalue weighted by atomic mass is 10.1. The van der Waals surface area contributed by atoms with Crippen LogP contribution in [-0.4, -0.2) is 61.5 Å². The number of piperazine rings is 1. The van der Waals surface area contributed by atoms with Crippen molar-refractivity contribution in [2.45, 2.75) is 46.5 Å². The minimum Gasteiger partial charge on any atom is -0.369 e. The van der Waals surface area contributed by atoms with Gasteiger partial charge < -0.3 is 9.80 Å². The van der Waals surface area contributed by atoms with E-state index in [9.17, 15) is 4.79 Å². The van der Waals surface area contributed by atoms with Gasteiger partial charge in [0.2, 0.25) is 0 Å². The summed E-state index contributed by atoms with van der Waals surface area (Å²) >= 11 is 1.80. The summed E-state index contributed by atoms with van der Waals surface area (Å²) in [6, 6.07) is 8.73. The van der Waals surface area contributed by atoms with Crippen molar-refractivity contribution < 1.29 is 4.79 Å². The van der Waals surface area contributed by atoms with Gasteiger partial charge in [0.05, 0.1) is 5.56 Å². The van der Waals surface area contributed by atoms with E-state index in [1.807, 2.05) is 0 Å². The van der Waals surface area contributed by atoms with Gasteiger partial charge in [0, 0.05) is 54.7 Å². The van der Waals surface area contributed by atoms with Crippen molar-refractivity contribution in [1.82, 2.24) is 9.80 Å². The molecule has 0 spiro atoms.